The lowest BCUT2D eigenvalue weighted by Crippen LogP contribution is -2.55. The van der Waals surface area contributed by atoms with E-state index in [4.69, 9.17) is 4.74 Å². The molecule has 0 aliphatic carbocycles. The van der Waals surface area contributed by atoms with Gasteiger partial charge in [-0.2, -0.15) is 26.3 Å². The zero-order chi connectivity index (χ0) is 28.2. The second kappa shape index (κ2) is 9.55. The molecule has 0 saturated carbocycles. The summed E-state index contributed by atoms with van der Waals surface area (Å²) >= 11 is 0. The number of amides is 1. The Hall–Kier alpha value is -3.15. The Morgan fingerprint density at radius 1 is 1.05 bits per heavy atom. The molecule has 2 saturated heterocycles. The summed E-state index contributed by atoms with van der Waals surface area (Å²) in [6.07, 6.45) is -12.4. The number of carbonyl (C=O) groups is 2. The molecule has 2 unspecified atom stereocenters. The Balaban J connectivity index is 1.76. The molecule has 5 nitrogen and oxygen atoms in total. The number of carboxylic acid groups (broad SMARTS) is 1. The Morgan fingerprint density at radius 2 is 1.61 bits per heavy atom. The molecule has 206 valence electrons. The average molecular weight is 547 g/mol. The minimum absolute atomic E-state index is 0.0182. The molecule has 0 bridgehead atoms. The molecule has 0 spiro atoms. The van der Waals surface area contributed by atoms with Gasteiger partial charge in [-0.15, -0.1) is 0 Å². The van der Waals surface area contributed by atoms with Crippen LogP contribution < -0.4 is 0 Å². The summed E-state index contributed by atoms with van der Waals surface area (Å²) in [4.78, 5) is 26.5. The fourth-order valence-electron chi connectivity index (χ4n) is 5.47. The number of piperidine rings is 1. The highest BCUT2D eigenvalue weighted by molar-refractivity contribution is 5.84. The summed E-state index contributed by atoms with van der Waals surface area (Å²) in [5.41, 5.74) is -4.37. The van der Waals surface area contributed by atoms with Gasteiger partial charge >= 0.3 is 18.3 Å². The number of benzene rings is 2. The van der Waals surface area contributed by atoms with Crippen LogP contribution in [0.5, 0.6) is 0 Å². The van der Waals surface area contributed by atoms with Crippen molar-refractivity contribution in [2.75, 3.05) is 6.54 Å². The van der Waals surface area contributed by atoms with E-state index < -0.39 is 64.8 Å². The second-order valence-corrected chi connectivity index (χ2v) is 9.95. The van der Waals surface area contributed by atoms with E-state index in [1.165, 1.54) is 30.9 Å². The number of aliphatic carboxylic acids is 1. The molecule has 5 atom stereocenters. The summed E-state index contributed by atoms with van der Waals surface area (Å²) in [7, 11) is 0. The summed E-state index contributed by atoms with van der Waals surface area (Å²) in [6, 6.07) is 5.31. The lowest BCUT2D eigenvalue weighted by atomic mass is 9.69. The molecule has 12 heteroatoms. The number of halogens is 7. The number of nitrogens with zero attached hydrogens (tertiary/aromatic N) is 1. The van der Waals surface area contributed by atoms with Gasteiger partial charge in [0.05, 0.1) is 34.8 Å². The van der Waals surface area contributed by atoms with Gasteiger partial charge in [-0.05, 0) is 61.7 Å². The molecule has 0 aromatic heterocycles. The molecule has 2 heterocycles. The van der Waals surface area contributed by atoms with Crippen LogP contribution in [0.15, 0.2) is 42.5 Å². The maximum Gasteiger partial charge on any atom is 0.416 e. The predicted molar refractivity (Wildman–Crippen MR) is 119 cm³/mol. The smallest absolute Gasteiger partial charge is 0.416 e. The zero-order valence-electron chi connectivity index (χ0n) is 20.2. The topological polar surface area (TPSA) is 66.8 Å². The molecule has 1 amide bonds. The predicted octanol–water partition coefficient (Wildman–Crippen LogP) is 6.19. The number of hydrogen-bond acceptors (Lipinski definition) is 3. The Morgan fingerprint density at radius 3 is 2.11 bits per heavy atom. The van der Waals surface area contributed by atoms with Crippen LogP contribution in [0.25, 0.3) is 0 Å². The van der Waals surface area contributed by atoms with Crippen LogP contribution in [-0.2, 0) is 26.7 Å². The van der Waals surface area contributed by atoms with Gasteiger partial charge in [0.15, 0.2) is 0 Å². The summed E-state index contributed by atoms with van der Waals surface area (Å²) in [6.45, 7) is 2.63. The SMILES string of the molecule is C[C@@H](OC1CN2C(=O)CCC(C)(C(=O)O)[C@H]2[C@H]1c1ccc(F)cc1)c1cc(C(F)(F)F)cc(C(F)(F)F)c1. The van der Waals surface area contributed by atoms with Crippen LogP contribution in [-0.4, -0.2) is 40.6 Å². The maximum atomic E-state index is 13.7. The molecule has 2 aliphatic heterocycles. The highest BCUT2D eigenvalue weighted by atomic mass is 19.4. The number of carboxylic acids is 1. The summed E-state index contributed by atoms with van der Waals surface area (Å²) in [5.74, 6) is -2.93. The molecule has 38 heavy (non-hydrogen) atoms. The maximum absolute atomic E-state index is 13.7. The largest absolute Gasteiger partial charge is 0.481 e. The quantitative estimate of drug-likeness (QED) is 0.454. The van der Waals surface area contributed by atoms with Crippen LogP contribution in [0, 0.1) is 11.2 Å². The molecule has 2 aromatic carbocycles. The lowest BCUT2D eigenvalue weighted by molar-refractivity contribution is -0.160. The molecule has 2 fully saturated rings. The lowest BCUT2D eigenvalue weighted by Gasteiger charge is -2.44. The first kappa shape index (κ1) is 27.9. The van der Waals surface area contributed by atoms with Crippen molar-refractivity contribution in [3.05, 3.63) is 70.5 Å². The normalized spacial score (nSPS) is 26.8. The van der Waals surface area contributed by atoms with E-state index >= 15 is 0 Å². The zero-order valence-corrected chi connectivity index (χ0v) is 20.2. The molecule has 2 aromatic rings. The summed E-state index contributed by atoms with van der Waals surface area (Å²) < 4.78 is 100. The van der Waals surface area contributed by atoms with Crippen LogP contribution in [0.1, 0.15) is 61.0 Å². The van der Waals surface area contributed by atoms with Gasteiger partial charge in [0.25, 0.3) is 0 Å². The van der Waals surface area contributed by atoms with E-state index in [1.54, 1.807) is 0 Å². The Labute approximate surface area is 213 Å². The van der Waals surface area contributed by atoms with E-state index in [0.29, 0.717) is 17.7 Å². The number of hydrogen-bond donors (Lipinski definition) is 1. The van der Waals surface area contributed by atoms with Crippen molar-refractivity contribution in [3.63, 3.8) is 0 Å². The number of alkyl halides is 6. The Bertz CT molecular complexity index is 1200. The first-order valence-corrected chi connectivity index (χ1v) is 11.8. The third-order valence-electron chi connectivity index (χ3n) is 7.49. The van der Waals surface area contributed by atoms with Crippen molar-refractivity contribution in [1.82, 2.24) is 4.90 Å². The van der Waals surface area contributed by atoms with Crippen molar-refractivity contribution >= 4 is 11.9 Å². The number of carbonyl (C=O) groups excluding carboxylic acids is 1. The average Bonchev–Trinajstić information content (AvgIpc) is 3.21. The minimum atomic E-state index is -5.05. The van der Waals surface area contributed by atoms with Crippen molar-refractivity contribution in [1.29, 1.82) is 0 Å². The molecular weight excluding hydrogens is 523 g/mol. The molecule has 1 N–H and O–H groups in total. The molecule has 0 radical (unpaired) electrons. The first-order valence-electron chi connectivity index (χ1n) is 11.8. The van der Waals surface area contributed by atoms with Gasteiger partial charge in [0, 0.05) is 18.9 Å². The summed E-state index contributed by atoms with van der Waals surface area (Å²) in [5, 5.41) is 10.0. The fourth-order valence-corrected chi connectivity index (χ4v) is 5.47. The first-order chi connectivity index (χ1) is 17.5. The van der Waals surface area contributed by atoms with Crippen LogP contribution in [0.2, 0.25) is 0 Å². The number of fused-ring (bicyclic) bond motifs is 1. The van der Waals surface area contributed by atoms with Crippen LogP contribution >= 0.6 is 0 Å². The Kier molecular flexibility index (Phi) is 7.00. The molecule has 4 rings (SSSR count). The van der Waals surface area contributed by atoms with Gasteiger partial charge in [-0.1, -0.05) is 12.1 Å². The van der Waals surface area contributed by atoms with E-state index in [2.05, 4.69) is 0 Å². The van der Waals surface area contributed by atoms with E-state index in [0.717, 1.165) is 12.1 Å². The van der Waals surface area contributed by atoms with E-state index in [9.17, 15) is 45.4 Å². The van der Waals surface area contributed by atoms with E-state index in [1.807, 2.05) is 0 Å². The minimum Gasteiger partial charge on any atom is -0.481 e. The van der Waals surface area contributed by atoms with Crippen molar-refractivity contribution in [3.8, 4) is 0 Å². The molecule has 2 aliphatic rings. The van der Waals surface area contributed by atoms with Crippen molar-refractivity contribution in [2.24, 2.45) is 5.41 Å². The highest BCUT2D eigenvalue weighted by Gasteiger charge is 2.59. The highest BCUT2D eigenvalue weighted by Crippen LogP contribution is 2.50. The van der Waals surface area contributed by atoms with Gasteiger partial charge in [0.2, 0.25) is 5.91 Å². The van der Waals surface area contributed by atoms with Crippen molar-refractivity contribution < 1.29 is 50.2 Å². The molecular formula is C26H24F7NO4. The number of rotatable bonds is 5. The van der Waals surface area contributed by atoms with Crippen LogP contribution in [0.4, 0.5) is 30.7 Å². The van der Waals surface area contributed by atoms with Crippen molar-refractivity contribution in [2.45, 2.75) is 63.2 Å². The van der Waals surface area contributed by atoms with Gasteiger partial charge in [-0.25, -0.2) is 4.39 Å². The van der Waals surface area contributed by atoms with Gasteiger partial charge in [-0.3, -0.25) is 9.59 Å². The number of ether oxygens (including phenoxy) is 1. The monoisotopic (exact) mass is 547 g/mol. The third-order valence-corrected chi connectivity index (χ3v) is 7.49. The van der Waals surface area contributed by atoms with Gasteiger partial charge in [0.1, 0.15) is 5.82 Å². The standard InChI is InChI=1S/C26H24F7NO4/c1-13(15-9-16(25(28,29)30)11-17(10-15)26(31,32)33)38-19-12-34-20(35)7-8-24(2,23(36)37)22(34)21(19)14-3-5-18(27)6-4-14/h3-6,9-11,13,19,21-22H,7-8,12H2,1-2H3,(H,36,37)/t13-,19?,21+,22-,24?/m1/s1. The third kappa shape index (κ3) is 5.10. The second-order valence-electron chi connectivity index (χ2n) is 9.95. The van der Waals surface area contributed by atoms with Crippen LogP contribution in [0.3, 0.4) is 0 Å². The van der Waals surface area contributed by atoms with Gasteiger partial charge < -0.3 is 14.7 Å². The van der Waals surface area contributed by atoms with E-state index in [-0.39, 0.29) is 36.9 Å². The fraction of sp³-hybridized carbons (Fsp3) is 0.462.